The van der Waals surface area contributed by atoms with Gasteiger partial charge in [0.15, 0.2) is 0 Å². The predicted octanol–water partition coefficient (Wildman–Crippen LogP) is 2.62. The topological polar surface area (TPSA) is 26.3 Å². The van der Waals surface area contributed by atoms with Crippen molar-refractivity contribution < 1.29 is 18.3 Å². The summed E-state index contributed by atoms with van der Waals surface area (Å²) in [6, 6.07) is 0. The van der Waals surface area contributed by atoms with Crippen molar-refractivity contribution in [1.82, 2.24) is 0 Å². The van der Waals surface area contributed by atoms with E-state index < -0.39 is 18.3 Å². The number of halogens is 2. The van der Waals surface area contributed by atoms with Gasteiger partial charge in [-0.25, -0.2) is 8.78 Å². The summed E-state index contributed by atoms with van der Waals surface area (Å²) >= 11 is 0. The lowest BCUT2D eigenvalue weighted by Gasteiger charge is -2.17. The molecule has 0 unspecified atom stereocenters. The molecule has 0 aliphatic carbocycles. The molecule has 0 radical (unpaired) electrons. The highest BCUT2D eigenvalue weighted by atomic mass is 19.3. The molecule has 0 aromatic heterocycles. The van der Waals surface area contributed by atoms with Crippen LogP contribution in [0.2, 0.25) is 0 Å². The number of rotatable bonds is 5. The summed E-state index contributed by atoms with van der Waals surface area (Å²) in [6.45, 7) is 3.46. The van der Waals surface area contributed by atoms with Gasteiger partial charge in [-0.2, -0.15) is 0 Å². The number of carbonyl (C=O) groups excluding carboxylic acids is 1. The Labute approximate surface area is 77.3 Å². The second-order valence-corrected chi connectivity index (χ2v) is 3.53. The van der Waals surface area contributed by atoms with Gasteiger partial charge >= 0.3 is 5.97 Å². The van der Waals surface area contributed by atoms with E-state index >= 15 is 0 Å². The molecule has 4 heteroatoms. The van der Waals surface area contributed by atoms with Gasteiger partial charge in [0.05, 0.1) is 13.5 Å². The normalized spacial score (nSPS) is 11.8. The summed E-state index contributed by atoms with van der Waals surface area (Å²) < 4.78 is 30.2. The lowest BCUT2D eigenvalue weighted by atomic mass is 10.0. The number of methoxy groups -OCH3 is 1. The second kappa shape index (κ2) is 5.14. The number of carbonyl (C=O) groups is 1. The standard InChI is InChI=1S/C9H16F2O2/c1-7(2)6-9(10,11)5-4-8(12)13-3/h7H,4-6H2,1-3H3. The monoisotopic (exact) mass is 194 g/mol. The summed E-state index contributed by atoms with van der Waals surface area (Å²) in [7, 11) is 1.20. The predicted molar refractivity (Wildman–Crippen MR) is 45.7 cm³/mol. The van der Waals surface area contributed by atoms with Gasteiger partial charge in [-0.15, -0.1) is 0 Å². The lowest BCUT2D eigenvalue weighted by molar-refractivity contribution is -0.143. The van der Waals surface area contributed by atoms with Crippen molar-refractivity contribution in [2.75, 3.05) is 7.11 Å². The zero-order valence-corrected chi connectivity index (χ0v) is 8.27. The fraction of sp³-hybridized carbons (Fsp3) is 0.889. The maximum Gasteiger partial charge on any atom is 0.305 e. The van der Waals surface area contributed by atoms with Crippen LogP contribution >= 0.6 is 0 Å². The van der Waals surface area contributed by atoms with Gasteiger partial charge < -0.3 is 4.74 Å². The van der Waals surface area contributed by atoms with E-state index in [1.807, 2.05) is 0 Å². The van der Waals surface area contributed by atoms with Crippen molar-refractivity contribution in [1.29, 1.82) is 0 Å². The summed E-state index contributed by atoms with van der Waals surface area (Å²) in [5.41, 5.74) is 0. The molecule has 0 aromatic carbocycles. The Bertz CT molecular complexity index is 167. The van der Waals surface area contributed by atoms with Gasteiger partial charge in [0.2, 0.25) is 5.92 Å². The number of hydrogen-bond acceptors (Lipinski definition) is 2. The molecule has 13 heavy (non-hydrogen) atoms. The van der Waals surface area contributed by atoms with E-state index in [2.05, 4.69) is 4.74 Å². The molecule has 0 saturated heterocycles. The fourth-order valence-corrected chi connectivity index (χ4v) is 1.09. The molecule has 0 aromatic rings. The summed E-state index contributed by atoms with van der Waals surface area (Å²) in [6.07, 6.45) is -0.807. The number of hydrogen-bond donors (Lipinski definition) is 0. The highest BCUT2D eigenvalue weighted by molar-refractivity contribution is 5.69. The summed E-state index contributed by atoms with van der Waals surface area (Å²) in [4.78, 5) is 10.6. The minimum absolute atomic E-state index is 0.0624. The van der Waals surface area contributed by atoms with Crippen molar-refractivity contribution in [2.24, 2.45) is 5.92 Å². The molecular formula is C9H16F2O2. The van der Waals surface area contributed by atoms with Crippen LogP contribution in [0.5, 0.6) is 0 Å². The smallest absolute Gasteiger partial charge is 0.305 e. The molecule has 0 heterocycles. The molecule has 0 rings (SSSR count). The average molecular weight is 194 g/mol. The van der Waals surface area contributed by atoms with Crippen LogP contribution in [0.1, 0.15) is 33.1 Å². The highest BCUT2D eigenvalue weighted by Gasteiger charge is 2.30. The van der Waals surface area contributed by atoms with Gasteiger partial charge in [-0.05, 0) is 5.92 Å². The molecule has 0 fully saturated rings. The Morgan fingerprint density at radius 1 is 1.46 bits per heavy atom. The van der Waals surface area contributed by atoms with Crippen molar-refractivity contribution >= 4 is 5.97 Å². The quantitative estimate of drug-likeness (QED) is 0.629. The lowest BCUT2D eigenvalue weighted by Crippen LogP contribution is -2.20. The molecule has 0 atom stereocenters. The van der Waals surface area contributed by atoms with E-state index in [0.29, 0.717) is 0 Å². The fourth-order valence-electron chi connectivity index (χ4n) is 1.09. The largest absolute Gasteiger partial charge is 0.469 e. The highest BCUT2D eigenvalue weighted by Crippen LogP contribution is 2.28. The van der Waals surface area contributed by atoms with Crippen LogP contribution in [0.3, 0.4) is 0 Å². The van der Waals surface area contributed by atoms with E-state index in [0.717, 1.165) is 0 Å². The van der Waals surface area contributed by atoms with Crippen LogP contribution in [-0.2, 0) is 9.53 Å². The maximum atomic E-state index is 13.0. The van der Waals surface area contributed by atoms with E-state index in [1.54, 1.807) is 13.8 Å². The first-order valence-electron chi connectivity index (χ1n) is 4.32. The van der Waals surface area contributed by atoms with Gasteiger partial charge in [0, 0.05) is 12.8 Å². The SMILES string of the molecule is COC(=O)CCC(F)(F)CC(C)C. The molecule has 0 bridgehead atoms. The van der Waals surface area contributed by atoms with Crippen LogP contribution in [0.25, 0.3) is 0 Å². The van der Waals surface area contributed by atoms with E-state index in [1.165, 1.54) is 7.11 Å². The molecular weight excluding hydrogens is 178 g/mol. The molecule has 0 spiro atoms. The van der Waals surface area contributed by atoms with E-state index in [-0.39, 0.29) is 18.8 Å². The summed E-state index contributed by atoms with van der Waals surface area (Å²) in [5.74, 6) is -3.39. The van der Waals surface area contributed by atoms with Gasteiger partial charge in [0.1, 0.15) is 0 Å². The van der Waals surface area contributed by atoms with E-state index in [4.69, 9.17) is 0 Å². The van der Waals surface area contributed by atoms with Gasteiger partial charge in [-0.1, -0.05) is 13.8 Å². The Kier molecular flexibility index (Phi) is 4.88. The zero-order valence-electron chi connectivity index (χ0n) is 8.27. The summed E-state index contributed by atoms with van der Waals surface area (Å²) in [5, 5.41) is 0. The van der Waals surface area contributed by atoms with Crippen LogP contribution in [0.4, 0.5) is 8.78 Å². The number of esters is 1. The van der Waals surface area contributed by atoms with Crippen molar-refractivity contribution in [3.05, 3.63) is 0 Å². The molecule has 0 aliphatic rings. The van der Waals surface area contributed by atoms with Crippen molar-refractivity contribution in [3.8, 4) is 0 Å². The van der Waals surface area contributed by atoms with Crippen LogP contribution in [0, 0.1) is 5.92 Å². The van der Waals surface area contributed by atoms with E-state index in [9.17, 15) is 13.6 Å². The first-order chi connectivity index (χ1) is 5.87. The molecule has 78 valence electrons. The maximum absolute atomic E-state index is 13.0. The third-order valence-corrected chi connectivity index (χ3v) is 1.63. The minimum Gasteiger partial charge on any atom is -0.469 e. The second-order valence-electron chi connectivity index (χ2n) is 3.53. The molecule has 2 nitrogen and oxygen atoms in total. The molecule has 0 saturated carbocycles. The Morgan fingerprint density at radius 2 is 2.00 bits per heavy atom. The van der Waals surface area contributed by atoms with Crippen LogP contribution in [0.15, 0.2) is 0 Å². The average Bonchev–Trinajstić information content (AvgIpc) is 1.98. The minimum atomic E-state index is -2.75. The number of ether oxygens (including phenoxy) is 1. The third-order valence-electron chi connectivity index (χ3n) is 1.63. The molecule has 0 amide bonds. The number of alkyl halides is 2. The Hall–Kier alpha value is -0.670. The van der Waals surface area contributed by atoms with Gasteiger partial charge in [-0.3, -0.25) is 4.79 Å². The zero-order chi connectivity index (χ0) is 10.5. The van der Waals surface area contributed by atoms with Crippen molar-refractivity contribution in [3.63, 3.8) is 0 Å². The Balaban J connectivity index is 3.81. The van der Waals surface area contributed by atoms with Crippen LogP contribution < -0.4 is 0 Å². The third kappa shape index (κ3) is 6.49. The first kappa shape index (κ1) is 12.3. The first-order valence-corrected chi connectivity index (χ1v) is 4.32. The molecule has 0 aliphatic heterocycles. The molecule has 0 N–H and O–H groups in total. The Morgan fingerprint density at radius 3 is 2.38 bits per heavy atom. The van der Waals surface area contributed by atoms with Crippen molar-refractivity contribution in [2.45, 2.75) is 39.0 Å². The van der Waals surface area contributed by atoms with Crippen LogP contribution in [-0.4, -0.2) is 19.0 Å². The van der Waals surface area contributed by atoms with Gasteiger partial charge in [0.25, 0.3) is 0 Å².